The predicted octanol–water partition coefficient (Wildman–Crippen LogP) is 2.33. The average Bonchev–Trinajstić information content (AvgIpc) is 2.47. The monoisotopic (exact) mass is 315 g/mol. The van der Waals surface area contributed by atoms with Crippen molar-refractivity contribution in [3.63, 3.8) is 0 Å². The van der Waals surface area contributed by atoms with Gasteiger partial charge in [0.25, 0.3) is 0 Å². The minimum absolute atomic E-state index is 0.413. The Kier molecular flexibility index (Phi) is 8.61. The van der Waals surface area contributed by atoms with E-state index in [1.807, 2.05) is 6.07 Å². The highest BCUT2D eigenvalue weighted by Crippen LogP contribution is 2.20. The maximum Gasteiger partial charge on any atom is 0.129 e. The number of hydrogen-bond donors (Lipinski definition) is 1. The molecule has 0 aromatic carbocycles. The molecule has 0 saturated heterocycles. The number of ether oxygens (including phenoxy) is 2. The van der Waals surface area contributed by atoms with Gasteiger partial charge in [0.1, 0.15) is 5.82 Å². The maximum absolute atomic E-state index is 6.22. The molecular formula is C15H26ClN3O2. The van der Waals surface area contributed by atoms with E-state index in [1.54, 1.807) is 20.4 Å². The van der Waals surface area contributed by atoms with Crippen LogP contribution in [0.4, 0.5) is 5.82 Å². The molecule has 6 heteroatoms. The highest BCUT2D eigenvalue weighted by atomic mass is 35.5. The van der Waals surface area contributed by atoms with E-state index < -0.39 is 0 Å². The molecule has 0 fully saturated rings. The molecule has 0 aliphatic rings. The van der Waals surface area contributed by atoms with Crippen molar-refractivity contribution in [2.24, 2.45) is 0 Å². The summed E-state index contributed by atoms with van der Waals surface area (Å²) in [7, 11) is 3.39. The lowest BCUT2D eigenvalue weighted by molar-refractivity contribution is 0.190. The van der Waals surface area contributed by atoms with E-state index in [2.05, 4.69) is 29.0 Å². The second kappa shape index (κ2) is 9.95. The Bertz CT molecular complexity index is 408. The van der Waals surface area contributed by atoms with Gasteiger partial charge in [0.2, 0.25) is 0 Å². The van der Waals surface area contributed by atoms with Crippen molar-refractivity contribution >= 4 is 17.4 Å². The molecule has 0 aliphatic carbocycles. The molecular weight excluding hydrogens is 290 g/mol. The number of anilines is 1. The van der Waals surface area contributed by atoms with E-state index in [4.69, 9.17) is 21.1 Å². The summed E-state index contributed by atoms with van der Waals surface area (Å²) in [6, 6.07) is 2.44. The van der Waals surface area contributed by atoms with Crippen LogP contribution in [0, 0.1) is 0 Å². The lowest BCUT2D eigenvalue weighted by Gasteiger charge is -2.24. The Morgan fingerprint density at radius 3 is 2.38 bits per heavy atom. The Hall–Kier alpha value is -0.880. The number of rotatable bonds is 10. The van der Waals surface area contributed by atoms with Crippen LogP contribution in [-0.4, -0.2) is 51.5 Å². The highest BCUT2D eigenvalue weighted by Gasteiger charge is 2.11. The number of nitrogens with one attached hydrogen (secondary N) is 1. The highest BCUT2D eigenvalue weighted by molar-refractivity contribution is 6.31. The van der Waals surface area contributed by atoms with Crippen molar-refractivity contribution in [3.8, 4) is 0 Å². The zero-order valence-corrected chi connectivity index (χ0v) is 14.1. The number of aromatic nitrogens is 1. The van der Waals surface area contributed by atoms with Gasteiger partial charge in [0.15, 0.2) is 0 Å². The first-order chi connectivity index (χ1) is 10.1. The van der Waals surface area contributed by atoms with Crippen LogP contribution >= 0.6 is 11.6 Å². The molecule has 1 heterocycles. The van der Waals surface area contributed by atoms with Crippen LogP contribution < -0.4 is 10.2 Å². The van der Waals surface area contributed by atoms with Gasteiger partial charge in [-0.05, 0) is 11.6 Å². The van der Waals surface area contributed by atoms with Crippen molar-refractivity contribution in [2.45, 2.75) is 26.4 Å². The molecule has 1 aromatic rings. The Morgan fingerprint density at radius 2 is 1.86 bits per heavy atom. The molecule has 0 aliphatic heterocycles. The van der Waals surface area contributed by atoms with Crippen molar-refractivity contribution in [1.82, 2.24) is 10.3 Å². The summed E-state index contributed by atoms with van der Waals surface area (Å²) in [5.74, 6) is 0.897. The van der Waals surface area contributed by atoms with Crippen molar-refractivity contribution in [2.75, 3.05) is 45.4 Å². The number of nitrogens with zero attached hydrogens (tertiary/aromatic N) is 2. The zero-order valence-electron chi connectivity index (χ0n) is 13.4. The Labute approximate surface area is 132 Å². The molecule has 0 radical (unpaired) electrons. The van der Waals surface area contributed by atoms with Gasteiger partial charge in [-0.25, -0.2) is 4.98 Å². The van der Waals surface area contributed by atoms with Gasteiger partial charge in [0.05, 0.1) is 18.2 Å². The summed E-state index contributed by atoms with van der Waals surface area (Å²) in [4.78, 5) is 6.57. The second-order valence-electron chi connectivity index (χ2n) is 5.14. The third-order valence-electron chi connectivity index (χ3n) is 3.08. The Morgan fingerprint density at radius 1 is 1.24 bits per heavy atom. The largest absolute Gasteiger partial charge is 0.383 e. The first-order valence-corrected chi connectivity index (χ1v) is 7.57. The van der Waals surface area contributed by atoms with Crippen LogP contribution in [0.25, 0.3) is 0 Å². The smallest absolute Gasteiger partial charge is 0.129 e. The molecule has 0 unspecified atom stereocenters. The van der Waals surface area contributed by atoms with Crippen LogP contribution in [-0.2, 0) is 16.0 Å². The fraction of sp³-hybridized carbons (Fsp3) is 0.667. The second-order valence-corrected chi connectivity index (χ2v) is 5.55. The molecule has 0 spiro atoms. The Balaban J connectivity index is 2.83. The fourth-order valence-corrected chi connectivity index (χ4v) is 2.00. The lowest BCUT2D eigenvalue weighted by Crippen LogP contribution is -2.31. The SMILES string of the molecule is COCCN(CCOC)c1cc(CNC(C)C)c(Cl)cn1. The lowest BCUT2D eigenvalue weighted by atomic mass is 10.2. The first-order valence-electron chi connectivity index (χ1n) is 7.19. The molecule has 0 saturated carbocycles. The van der Waals surface area contributed by atoms with Crippen molar-refractivity contribution in [3.05, 3.63) is 22.8 Å². The van der Waals surface area contributed by atoms with E-state index in [0.29, 0.717) is 24.3 Å². The number of halogens is 1. The van der Waals surface area contributed by atoms with E-state index in [0.717, 1.165) is 31.0 Å². The fourth-order valence-electron chi connectivity index (χ4n) is 1.83. The number of pyridine rings is 1. The van der Waals surface area contributed by atoms with Crippen LogP contribution in [0.2, 0.25) is 5.02 Å². The van der Waals surface area contributed by atoms with Crippen LogP contribution in [0.1, 0.15) is 19.4 Å². The normalized spacial score (nSPS) is 11.1. The van der Waals surface area contributed by atoms with Crippen LogP contribution in [0.5, 0.6) is 0 Å². The summed E-state index contributed by atoms with van der Waals surface area (Å²) < 4.78 is 10.3. The third-order valence-corrected chi connectivity index (χ3v) is 3.42. The summed E-state index contributed by atoms with van der Waals surface area (Å²) in [5, 5.41) is 4.06. The van der Waals surface area contributed by atoms with Gasteiger partial charge in [-0.1, -0.05) is 25.4 Å². The van der Waals surface area contributed by atoms with E-state index in [1.165, 1.54) is 0 Å². The molecule has 0 amide bonds. The van der Waals surface area contributed by atoms with Gasteiger partial charge >= 0.3 is 0 Å². The van der Waals surface area contributed by atoms with Gasteiger partial charge < -0.3 is 19.7 Å². The molecule has 120 valence electrons. The summed E-state index contributed by atoms with van der Waals surface area (Å²) in [6.45, 7) is 7.78. The maximum atomic E-state index is 6.22. The van der Waals surface area contributed by atoms with E-state index >= 15 is 0 Å². The molecule has 1 rings (SSSR count). The third kappa shape index (κ3) is 6.61. The van der Waals surface area contributed by atoms with Crippen LogP contribution in [0.15, 0.2) is 12.3 Å². The summed E-state index contributed by atoms with van der Waals surface area (Å²) in [6.07, 6.45) is 1.71. The molecule has 1 N–H and O–H groups in total. The molecule has 0 atom stereocenters. The quantitative estimate of drug-likeness (QED) is 0.718. The van der Waals surface area contributed by atoms with Crippen molar-refractivity contribution in [1.29, 1.82) is 0 Å². The molecule has 21 heavy (non-hydrogen) atoms. The minimum Gasteiger partial charge on any atom is -0.383 e. The van der Waals surface area contributed by atoms with E-state index in [-0.39, 0.29) is 0 Å². The zero-order chi connectivity index (χ0) is 15.7. The number of methoxy groups -OCH3 is 2. The van der Waals surface area contributed by atoms with Gasteiger partial charge in [-0.3, -0.25) is 0 Å². The van der Waals surface area contributed by atoms with E-state index in [9.17, 15) is 0 Å². The number of hydrogen-bond acceptors (Lipinski definition) is 5. The minimum atomic E-state index is 0.413. The first kappa shape index (κ1) is 18.2. The molecule has 5 nitrogen and oxygen atoms in total. The topological polar surface area (TPSA) is 46.6 Å². The molecule has 0 bridgehead atoms. The van der Waals surface area contributed by atoms with Gasteiger partial charge in [0, 0.05) is 46.1 Å². The summed E-state index contributed by atoms with van der Waals surface area (Å²) in [5.41, 5.74) is 1.05. The van der Waals surface area contributed by atoms with Crippen LogP contribution in [0.3, 0.4) is 0 Å². The summed E-state index contributed by atoms with van der Waals surface area (Å²) >= 11 is 6.22. The predicted molar refractivity (Wildman–Crippen MR) is 87.2 cm³/mol. The van der Waals surface area contributed by atoms with Gasteiger partial charge in [-0.2, -0.15) is 0 Å². The van der Waals surface area contributed by atoms with Crippen molar-refractivity contribution < 1.29 is 9.47 Å². The molecule has 1 aromatic heterocycles. The standard InChI is InChI=1S/C15H26ClN3O2/c1-12(2)17-10-13-9-15(18-11-14(13)16)19(5-7-20-3)6-8-21-4/h9,11-12,17H,5-8,10H2,1-4H3. The van der Waals surface area contributed by atoms with Gasteiger partial charge in [-0.15, -0.1) is 0 Å². The average molecular weight is 316 g/mol.